The van der Waals surface area contributed by atoms with Crippen LogP contribution in [0.25, 0.3) is 11.5 Å². The summed E-state index contributed by atoms with van der Waals surface area (Å²) in [5.41, 5.74) is 2.98. The lowest BCUT2D eigenvalue weighted by atomic mass is 10.1. The molecular weight excluding hydrogens is 383 g/mol. The molecule has 29 heavy (non-hydrogen) atoms. The molecule has 0 radical (unpaired) electrons. The molecule has 1 aliphatic heterocycles. The van der Waals surface area contributed by atoms with Crippen LogP contribution in [0, 0.1) is 6.92 Å². The highest BCUT2D eigenvalue weighted by Gasteiger charge is 2.31. The van der Waals surface area contributed by atoms with Crippen molar-refractivity contribution in [2.75, 3.05) is 13.1 Å². The van der Waals surface area contributed by atoms with Crippen molar-refractivity contribution in [3.8, 4) is 17.2 Å². The number of ether oxygens (including phenoxy) is 1. The van der Waals surface area contributed by atoms with Gasteiger partial charge < -0.3 is 9.15 Å². The monoisotopic (exact) mass is 403 g/mol. The van der Waals surface area contributed by atoms with Crippen LogP contribution in [-0.4, -0.2) is 34.5 Å². The van der Waals surface area contributed by atoms with Gasteiger partial charge in [-0.1, -0.05) is 29.8 Å². The van der Waals surface area contributed by atoms with E-state index < -0.39 is 6.36 Å². The van der Waals surface area contributed by atoms with Gasteiger partial charge in [0.25, 0.3) is 0 Å². The third kappa shape index (κ3) is 4.95. The molecule has 1 atom stereocenters. The Morgan fingerprint density at radius 1 is 1.07 bits per heavy atom. The molecule has 5 nitrogen and oxygen atoms in total. The zero-order valence-corrected chi connectivity index (χ0v) is 15.8. The van der Waals surface area contributed by atoms with E-state index in [0.29, 0.717) is 18.3 Å². The quantitative estimate of drug-likeness (QED) is 0.604. The Bertz CT molecular complexity index is 953. The Morgan fingerprint density at radius 3 is 2.48 bits per heavy atom. The van der Waals surface area contributed by atoms with Crippen LogP contribution in [0.1, 0.15) is 29.4 Å². The summed E-state index contributed by atoms with van der Waals surface area (Å²) in [7, 11) is 0. The first kappa shape index (κ1) is 19.4. The molecule has 0 N–H and O–H groups in total. The summed E-state index contributed by atoms with van der Waals surface area (Å²) < 4.78 is 46.5. The van der Waals surface area contributed by atoms with E-state index in [4.69, 9.17) is 4.42 Å². The molecule has 1 unspecified atom stereocenters. The van der Waals surface area contributed by atoms with Crippen LogP contribution < -0.4 is 4.74 Å². The second-order valence-corrected chi connectivity index (χ2v) is 7.22. The van der Waals surface area contributed by atoms with E-state index in [1.54, 1.807) is 12.1 Å². The summed E-state index contributed by atoms with van der Waals surface area (Å²) in [6, 6.07) is 13.9. The molecule has 0 bridgehead atoms. The topological polar surface area (TPSA) is 51.4 Å². The van der Waals surface area contributed by atoms with Gasteiger partial charge in [0, 0.05) is 18.7 Å². The molecule has 4 rings (SSSR count). The lowest BCUT2D eigenvalue weighted by molar-refractivity contribution is -0.274. The van der Waals surface area contributed by atoms with Gasteiger partial charge in [-0.05, 0) is 49.7 Å². The minimum atomic E-state index is -4.68. The fourth-order valence-corrected chi connectivity index (χ4v) is 3.44. The highest BCUT2D eigenvalue weighted by molar-refractivity contribution is 5.52. The molecule has 0 aliphatic carbocycles. The third-order valence-corrected chi connectivity index (χ3v) is 4.92. The maximum absolute atomic E-state index is 12.3. The van der Waals surface area contributed by atoms with Crippen molar-refractivity contribution < 1.29 is 22.3 Å². The number of aryl methyl sites for hydroxylation is 1. The Kier molecular flexibility index (Phi) is 5.27. The molecule has 1 aromatic heterocycles. The molecule has 152 valence electrons. The van der Waals surface area contributed by atoms with Gasteiger partial charge in [-0.25, -0.2) is 0 Å². The first-order chi connectivity index (χ1) is 13.9. The second kappa shape index (κ2) is 7.87. The minimum Gasteiger partial charge on any atom is -0.420 e. The first-order valence-electron chi connectivity index (χ1n) is 9.33. The maximum atomic E-state index is 12.3. The van der Waals surface area contributed by atoms with E-state index in [0.717, 1.165) is 36.2 Å². The predicted octanol–water partition coefficient (Wildman–Crippen LogP) is 4.93. The molecule has 0 amide bonds. The van der Waals surface area contributed by atoms with Gasteiger partial charge in [0.1, 0.15) is 5.75 Å². The van der Waals surface area contributed by atoms with Gasteiger partial charge in [-0.15, -0.1) is 23.4 Å². The van der Waals surface area contributed by atoms with Crippen molar-refractivity contribution in [1.82, 2.24) is 15.1 Å². The zero-order valence-electron chi connectivity index (χ0n) is 15.8. The number of alkyl halides is 3. The molecule has 0 spiro atoms. The van der Waals surface area contributed by atoms with Gasteiger partial charge in [0.15, 0.2) is 0 Å². The van der Waals surface area contributed by atoms with Crippen molar-refractivity contribution >= 4 is 0 Å². The summed E-state index contributed by atoms with van der Waals surface area (Å²) in [6.45, 7) is 4.28. The number of benzene rings is 2. The van der Waals surface area contributed by atoms with Crippen LogP contribution >= 0.6 is 0 Å². The van der Waals surface area contributed by atoms with E-state index in [9.17, 15) is 13.2 Å². The molecule has 1 fully saturated rings. The number of aromatic nitrogens is 2. The van der Waals surface area contributed by atoms with Crippen LogP contribution in [-0.2, 0) is 6.54 Å². The van der Waals surface area contributed by atoms with Crippen LogP contribution in [0.15, 0.2) is 52.9 Å². The van der Waals surface area contributed by atoms with Crippen molar-refractivity contribution in [3.05, 3.63) is 65.5 Å². The molecule has 2 aromatic carbocycles. The lowest BCUT2D eigenvalue weighted by Gasteiger charge is -2.16. The van der Waals surface area contributed by atoms with Crippen LogP contribution in [0.2, 0.25) is 0 Å². The second-order valence-electron chi connectivity index (χ2n) is 7.22. The van der Waals surface area contributed by atoms with E-state index in [-0.39, 0.29) is 11.7 Å². The summed E-state index contributed by atoms with van der Waals surface area (Å²) in [6.07, 6.45) is -3.78. The molecule has 1 aliphatic rings. The molecule has 2 heterocycles. The number of halogens is 3. The summed E-state index contributed by atoms with van der Waals surface area (Å²) in [5, 5.41) is 8.39. The molecule has 1 saturated heterocycles. The molecule has 8 heteroatoms. The van der Waals surface area contributed by atoms with E-state index in [1.807, 2.05) is 31.2 Å². The van der Waals surface area contributed by atoms with E-state index in [1.165, 1.54) is 12.1 Å². The van der Waals surface area contributed by atoms with Crippen molar-refractivity contribution in [1.29, 1.82) is 0 Å². The molecule has 3 aromatic rings. The minimum absolute atomic E-state index is 0.148. The van der Waals surface area contributed by atoms with Crippen molar-refractivity contribution in [2.45, 2.75) is 32.2 Å². The zero-order chi connectivity index (χ0) is 20.4. The largest absolute Gasteiger partial charge is 0.573 e. The van der Waals surface area contributed by atoms with Crippen LogP contribution in [0.3, 0.4) is 0 Å². The summed E-state index contributed by atoms with van der Waals surface area (Å²) >= 11 is 0. The smallest absolute Gasteiger partial charge is 0.420 e. The van der Waals surface area contributed by atoms with Gasteiger partial charge >= 0.3 is 6.36 Å². The molecule has 0 saturated carbocycles. The highest BCUT2D eigenvalue weighted by atomic mass is 19.4. The fourth-order valence-electron chi connectivity index (χ4n) is 3.44. The Labute approximate surface area is 166 Å². The normalized spacial score (nSPS) is 17.6. The SMILES string of the molecule is Cc1ccc(-c2nnc(C3CCN(Cc4ccc(OC(F)(F)F)cc4)C3)o2)cc1. The standard InChI is InChI=1S/C21H20F3N3O2/c1-14-2-6-16(7-3-14)19-25-26-20(28-19)17-10-11-27(13-17)12-15-4-8-18(9-5-15)29-21(22,23)24/h2-9,17H,10-13H2,1H3. The summed E-state index contributed by atoms with van der Waals surface area (Å²) in [5.74, 6) is 1.07. The van der Waals surface area contributed by atoms with E-state index >= 15 is 0 Å². The number of hydrogen-bond donors (Lipinski definition) is 0. The predicted molar refractivity (Wildman–Crippen MR) is 100 cm³/mol. The van der Waals surface area contributed by atoms with Gasteiger partial charge in [-0.2, -0.15) is 0 Å². The third-order valence-electron chi connectivity index (χ3n) is 4.92. The maximum Gasteiger partial charge on any atom is 0.573 e. The number of rotatable bonds is 5. The lowest BCUT2D eigenvalue weighted by Crippen LogP contribution is -2.20. The van der Waals surface area contributed by atoms with E-state index in [2.05, 4.69) is 19.8 Å². The van der Waals surface area contributed by atoms with Crippen LogP contribution in [0.4, 0.5) is 13.2 Å². The van der Waals surface area contributed by atoms with Crippen molar-refractivity contribution in [2.24, 2.45) is 0 Å². The first-order valence-corrected chi connectivity index (χ1v) is 9.33. The van der Waals surface area contributed by atoms with Crippen LogP contribution in [0.5, 0.6) is 5.75 Å². The Balaban J connectivity index is 1.35. The van der Waals surface area contributed by atoms with Crippen molar-refractivity contribution in [3.63, 3.8) is 0 Å². The Hall–Kier alpha value is -2.87. The highest BCUT2D eigenvalue weighted by Crippen LogP contribution is 2.30. The average molecular weight is 403 g/mol. The Morgan fingerprint density at radius 2 is 1.79 bits per heavy atom. The number of hydrogen-bond acceptors (Lipinski definition) is 5. The fraction of sp³-hybridized carbons (Fsp3) is 0.333. The van der Waals surface area contributed by atoms with Gasteiger partial charge in [0.2, 0.25) is 11.8 Å². The average Bonchev–Trinajstić information content (AvgIpc) is 3.32. The molecular formula is C21H20F3N3O2. The van der Waals surface area contributed by atoms with Gasteiger partial charge in [0.05, 0.1) is 5.92 Å². The number of likely N-dealkylation sites (tertiary alicyclic amines) is 1. The number of nitrogens with zero attached hydrogens (tertiary/aromatic N) is 3. The van der Waals surface area contributed by atoms with Gasteiger partial charge in [-0.3, -0.25) is 4.90 Å². The summed E-state index contributed by atoms with van der Waals surface area (Å²) in [4.78, 5) is 2.22.